The van der Waals surface area contributed by atoms with Crippen LogP contribution in [0, 0.1) is 0 Å². The molecule has 0 heterocycles. The summed E-state index contributed by atoms with van der Waals surface area (Å²) in [6.07, 6.45) is 0. The fraction of sp³-hybridized carbons (Fsp3) is 1.00. The van der Waals surface area contributed by atoms with E-state index in [1.165, 1.54) is 143 Å². The second kappa shape index (κ2) is 36.0. The zero-order valence-electron chi connectivity index (χ0n) is 8.96. The van der Waals surface area contributed by atoms with Crippen molar-refractivity contribution in [2.24, 2.45) is 0 Å². The van der Waals surface area contributed by atoms with Crippen LogP contribution in [0.3, 0.4) is 0 Å². The number of rotatable bonds is 0. The van der Waals surface area contributed by atoms with Crippen LogP contribution in [0.2, 0.25) is 12.1 Å². The number of hydrogen-bond donors (Lipinski definition) is 0. The summed E-state index contributed by atoms with van der Waals surface area (Å²) in [6, 6.07) is 0. The van der Waals surface area contributed by atoms with Crippen molar-refractivity contribution >= 4 is 152 Å². The van der Waals surface area contributed by atoms with Gasteiger partial charge in [-0.2, -0.15) is 0 Å². The fourth-order valence-electron chi connectivity index (χ4n) is 0. The molecule has 64 valence electrons. The predicted molar refractivity (Wildman–Crippen MR) is 52.2 cm³/mol. The van der Waals surface area contributed by atoms with Gasteiger partial charge in [0, 0.05) is 0 Å². The van der Waals surface area contributed by atoms with Gasteiger partial charge < -0.3 is 28.2 Å². The van der Waals surface area contributed by atoms with E-state index >= 15 is 0 Å². The summed E-state index contributed by atoms with van der Waals surface area (Å²) in [5, 5.41) is 0. The van der Waals surface area contributed by atoms with Gasteiger partial charge in [0.25, 0.3) is 0 Å². The van der Waals surface area contributed by atoms with Gasteiger partial charge in [-0.15, -0.1) is 0 Å². The van der Waals surface area contributed by atoms with Crippen molar-refractivity contribution in [2.75, 3.05) is 0 Å². The summed E-state index contributed by atoms with van der Waals surface area (Å²) in [6.45, 7) is 0. The van der Waals surface area contributed by atoms with Crippen LogP contribution in [0.1, 0.15) is 0 Å². The zero-order chi connectivity index (χ0) is 12.5. The Kier molecular flexibility index (Phi) is 85.3. The Morgan fingerprint density at radius 1 is 0.538 bits per heavy atom. The van der Waals surface area contributed by atoms with E-state index in [1.54, 1.807) is 0 Å². The van der Waals surface area contributed by atoms with Crippen molar-refractivity contribution in [1.29, 1.82) is 0 Å². The van der Waals surface area contributed by atoms with E-state index < -0.39 is 9.05 Å². The third-order valence-corrected chi connectivity index (χ3v) is 0. The second-order valence-electron chi connectivity index (χ2n) is 0.500. The molecule has 0 saturated heterocycles. The number of hydrogen-bond acceptors (Lipinski definition) is 4. The molecule has 0 aromatic carbocycles. The first-order chi connectivity index (χ1) is 6.00. The molecule has 0 atom stereocenters. The van der Waals surface area contributed by atoms with E-state index in [1.807, 2.05) is 0 Å². The first kappa shape index (κ1) is 30.8. The molecule has 0 unspecified atom stereocenters. The van der Waals surface area contributed by atoms with Crippen molar-refractivity contribution in [3.8, 4) is 0 Å². The Morgan fingerprint density at radius 3 is 0.538 bits per heavy atom. The van der Waals surface area contributed by atoms with Crippen molar-refractivity contribution in [1.82, 2.24) is 0 Å². The quantitative estimate of drug-likeness (QED) is 0.423. The molecular weight excluding hydrogens is 300 g/mol. The average Bonchev–Trinajstić information content (AvgIpc) is 2.14. The van der Waals surface area contributed by atoms with Gasteiger partial charge in [-0.1, -0.05) is 0 Å². The molecule has 0 saturated carbocycles. The first-order valence-corrected chi connectivity index (χ1v) is 14.1. The summed E-state index contributed by atoms with van der Waals surface area (Å²) in [4.78, 5) is 34.3. The van der Waals surface area contributed by atoms with Crippen LogP contribution in [-0.2, 0) is 0 Å². The van der Waals surface area contributed by atoms with Crippen LogP contribution in [0.25, 0.3) is 0 Å². The van der Waals surface area contributed by atoms with Crippen molar-refractivity contribution < 1.29 is 19.2 Å². The van der Waals surface area contributed by atoms with Crippen molar-refractivity contribution in [3.05, 3.63) is 0 Å². The Bertz CT molecular complexity index is 39.6. The summed E-state index contributed by atoms with van der Waals surface area (Å²) < 4.78 is 8.50. The molecule has 0 bridgehead atoms. The SMILES string of the molecule is [CH3][Ca+].[CH3][Ca+].[CH3][Ca+].[CH3][Ca+].[O-][Si]([O-])([O-])[O-]. The Balaban J connectivity index is -0.0000000230. The maximum Gasteiger partial charge on any atom is -0.426 e. The molecular formula is C4H12Ca4O4Si. The molecule has 9 heteroatoms. The van der Waals surface area contributed by atoms with Crippen LogP contribution < -0.4 is 19.2 Å². The Hall–Kier alpha value is 5.10. The van der Waals surface area contributed by atoms with Gasteiger partial charge in [0.1, 0.15) is 0 Å². The molecule has 0 aromatic rings. The Morgan fingerprint density at radius 2 is 0.538 bits per heavy atom. The molecule has 0 N–H and O–H groups in total. The molecule has 13 heavy (non-hydrogen) atoms. The summed E-state index contributed by atoms with van der Waals surface area (Å²) in [5.41, 5.74) is 0. The zero-order valence-corrected chi connectivity index (χ0v) is 18.8. The minimum absolute atomic E-state index is 1.38. The molecule has 0 aliphatic carbocycles. The largest absolute Gasteiger partial charge is 0.894 e. The van der Waals surface area contributed by atoms with Gasteiger partial charge in [-0.3, -0.25) is 0 Å². The van der Waals surface area contributed by atoms with Gasteiger partial charge in [-0.05, 0) is 0 Å². The third kappa shape index (κ3) is 150. The normalized spacial score (nSPS) is 6.77. The maximum absolute atomic E-state index is 8.58. The standard InChI is InChI=1S/4CH3.4Ca.O4Si/c;;;;;;;;1-5(2,3)4/h4*1H3;;;;;/q;;;;4*+1;-4. The van der Waals surface area contributed by atoms with E-state index in [0.717, 1.165) is 0 Å². The van der Waals surface area contributed by atoms with Crippen LogP contribution in [0.15, 0.2) is 0 Å². The van der Waals surface area contributed by atoms with Crippen molar-refractivity contribution in [3.63, 3.8) is 0 Å². The minimum Gasteiger partial charge on any atom is -0.894 e. The van der Waals surface area contributed by atoms with Crippen molar-refractivity contribution in [2.45, 2.75) is 12.1 Å². The molecule has 4 nitrogen and oxygen atoms in total. The van der Waals surface area contributed by atoms with E-state index in [0.29, 0.717) is 0 Å². The molecule has 0 aromatic heterocycles. The smallest absolute Gasteiger partial charge is 0.426 e. The summed E-state index contributed by atoms with van der Waals surface area (Å²) in [7, 11) is -5.61. The molecule has 0 amide bonds. The Labute approximate surface area is 178 Å². The second-order valence-corrected chi connectivity index (χ2v) is 1.50. The van der Waals surface area contributed by atoms with Gasteiger partial charge in [-0.25, -0.2) is 0 Å². The van der Waals surface area contributed by atoms with Crippen LogP contribution in [0.4, 0.5) is 0 Å². The molecule has 0 aliphatic rings. The fourth-order valence-corrected chi connectivity index (χ4v) is 0. The van der Waals surface area contributed by atoms with Crippen LogP contribution >= 0.6 is 0 Å². The summed E-state index contributed by atoms with van der Waals surface area (Å²) in [5.74, 6) is 0. The van der Waals surface area contributed by atoms with Crippen LogP contribution in [-0.4, -0.2) is 152 Å². The molecule has 0 radical (unpaired) electrons. The van der Waals surface area contributed by atoms with Gasteiger partial charge in [0.15, 0.2) is 0 Å². The monoisotopic (exact) mass is 312 g/mol. The molecule has 0 fully saturated rings. The van der Waals surface area contributed by atoms with Crippen LogP contribution in [0.5, 0.6) is 0 Å². The van der Waals surface area contributed by atoms with E-state index in [9.17, 15) is 0 Å². The van der Waals surface area contributed by atoms with Gasteiger partial charge in [0.2, 0.25) is 0 Å². The van der Waals surface area contributed by atoms with E-state index in [4.69, 9.17) is 19.2 Å². The predicted octanol–water partition coefficient (Wildman–Crippen LogP) is -4.32. The minimum atomic E-state index is -5.61. The molecule has 0 aliphatic heterocycles. The average molecular weight is 313 g/mol. The first-order valence-electron chi connectivity index (χ1n) is 3.64. The molecule has 0 rings (SSSR count). The third-order valence-electron chi connectivity index (χ3n) is 0. The van der Waals surface area contributed by atoms with Gasteiger partial charge >= 0.3 is 155 Å². The van der Waals surface area contributed by atoms with E-state index in [-0.39, 0.29) is 0 Å². The molecule has 0 spiro atoms. The topological polar surface area (TPSA) is 92.2 Å². The maximum atomic E-state index is 8.58. The van der Waals surface area contributed by atoms with E-state index in [2.05, 4.69) is 12.1 Å². The van der Waals surface area contributed by atoms with Gasteiger partial charge in [0.05, 0.1) is 0 Å². The summed E-state index contributed by atoms with van der Waals surface area (Å²) >= 11 is 5.50.